The first-order valence-electron chi connectivity index (χ1n) is 10.00. The van der Waals surface area contributed by atoms with Crippen LogP contribution in [-0.4, -0.2) is 34.8 Å². The zero-order chi connectivity index (χ0) is 21.6. The van der Waals surface area contributed by atoms with Gasteiger partial charge in [0.15, 0.2) is 0 Å². The number of nitrogens with zero attached hydrogens (tertiary/aromatic N) is 3. The van der Waals surface area contributed by atoms with E-state index in [0.29, 0.717) is 35.4 Å². The van der Waals surface area contributed by atoms with Gasteiger partial charge < -0.3 is 20.5 Å². The summed E-state index contributed by atoms with van der Waals surface area (Å²) in [5.41, 5.74) is 5.00. The first kappa shape index (κ1) is 19.6. The smallest absolute Gasteiger partial charge is 0.227 e. The average Bonchev–Trinajstić information content (AvgIpc) is 3.38. The van der Waals surface area contributed by atoms with Crippen molar-refractivity contribution in [2.75, 3.05) is 30.4 Å². The molecule has 1 unspecified atom stereocenters. The molecule has 0 aliphatic carbocycles. The molecule has 156 valence electrons. The van der Waals surface area contributed by atoms with Crippen molar-refractivity contribution in [3.63, 3.8) is 0 Å². The number of halogens is 1. The predicted molar refractivity (Wildman–Crippen MR) is 119 cm³/mol. The van der Waals surface area contributed by atoms with Crippen molar-refractivity contribution in [1.29, 1.82) is 5.26 Å². The van der Waals surface area contributed by atoms with Crippen molar-refractivity contribution in [1.82, 2.24) is 9.97 Å². The summed E-state index contributed by atoms with van der Waals surface area (Å²) in [6, 6.07) is 11.5. The van der Waals surface area contributed by atoms with Crippen molar-refractivity contribution in [3.8, 4) is 23.1 Å². The highest BCUT2D eigenvalue weighted by Crippen LogP contribution is 2.41. The Labute approximate surface area is 184 Å². The number of fused-ring (bicyclic) bond motifs is 2. The Morgan fingerprint density at radius 1 is 1.35 bits per heavy atom. The molecule has 31 heavy (non-hydrogen) atoms. The van der Waals surface area contributed by atoms with Gasteiger partial charge in [-0.25, -0.2) is 9.97 Å². The molecule has 3 N–H and O–H groups in total. The van der Waals surface area contributed by atoms with Gasteiger partial charge in [-0.1, -0.05) is 18.5 Å². The van der Waals surface area contributed by atoms with Crippen LogP contribution in [0.25, 0.3) is 11.3 Å². The Morgan fingerprint density at radius 3 is 3.03 bits per heavy atom. The zero-order valence-corrected chi connectivity index (χ0v) is 17.6. The molecule has 0 spiro atoms. The van der Waals surface area contributed by atoms with Gasteiger partial charge in [0, 0.05) is 40.7 Å². The summed E-state index contributed by atoms with van der Waals surface area (Å²) in [5.74, 6) is 1.17. The molecule has 3 aromatic rings. The minimum Gasteiger partial charge on any atom is -0.491 e. The standard InChI is InChI=1S/C23H20ClN5O2/c1-23(12-30)11-27-20-15(10-25)6-14(8-17(20)23)18-2-4-26-22(28-18)29-19-9-16(24)7-13-3-5-31-21(13)19/h2,4,6-9,27,30H,3,5,11-12H2,1H3,(H,26,28,29). The Hall–Kier alpha value is -3.34. The molecule has 2 aliphatic rings. The molecular weight excluding hydrogens is 414 g/mol. The van der Waals surface area contributed by atoms with Crippen LogP contribution in [0.1, 0.15) is 23.6 Å². The summed E-state index contributed by atoms with van der Waals surface area (Å²) in [6.07, 6.45) is 2.48. The second-order valence-corrected chi connectivity index (χ2v) is 8.50. The lowest BCUT2D eigenvalue weighted by atomic mass is 9.83. The second-order valence-electron chi connectivity index (χ2n) is 8.06. The van der Waals surface area contributed by atoms with Gasteiger partial charge in [-0.15, -0.1) is 0 Å². The van der Waals surface area contributed by atoms with Crippen molar-refractivity contribution < 1.29 is 9.84 Å². The zero-order valence-electron chi connectivity index (χ0n) is 16.9. The van der Waals surface area contributed by atoms with Gasteiger partial charge >= 0.3 is 0 Å². The van der Waals surface area contributed by atoms with Crippen molar-refractivity contribution in [2.24, 2.45) is 0 Å². The molecule has 5 rings (SSSR count). The summed E-state index contributed by atoms with van der Waals surface area (Å²) in [6.45, 7) is 3.16. The predicted octanol–water partition coefficient (Wildman–Crippen LogP) is 4.02. The largest absolute Gasteiger partial charge is 0.491 e. The molecule has 3 heterocycles. The fraction of sp³-hybridized carbons (Fsp3) is 0.261. The molecule has 8 heteroatoms. The van der Waals surface area contributed by atoms with Crippen LogP contribution in [-0.2, 0) is 11.8 Å². The van der Waals surface area contributed by atoms with Gasteiger partial charge in [0.1, 0.15) is 11.8 Å². The lowest BCUT2D eigenvalue weighted by Gasteiger charge is -2.21. The number of aliphatic hydroxyl groups is 1. The van der Waals surface area contributed by atoms with E-state index < -0.39 is 5.41 Å². The van der Waals surface area contributed by atoms with E-state index in [9.17, 15) is 10.4 Å². The van der Waals surface area contributed by atoms with E-state index in [0.717, 1.165) is 40.2 Å². The maximum absolute atomic E-state index is 9.92. The molecule has 2 aliphatic heterocycles. The number of hydrogen-bond donors (Lipinski definition) is 3. The normalized spacial score (nSPS) is 18.5. The molecule has 0 bridgehead atoms. The molecule has 7 nitrogen and oxygen atoms in total. The highest BCUT2D eigenvalue weighted by atomic mass is 35.5. The number of aromatic nitrogens is 2. The number of aliphatic hydroxyl groups excluding tert-OH is 1. The molecule has 1 aromatic heterocycles. The minimum atomic E-state index is -0.455. The Balaban J connectivity index is 1.54. The van der Waals surface area contributed by atoms with E-state index in [-0.39, 0.29) is 6.61 Å². The number of ether oxygens (including phenoxy) is 1. The lowest BCUT2D eigenvalue weighted by Crippen LogP contribution is -2.28. The Morgan fingerprint density at radius 2 is 2.23 bits per heavy atom. The highest BCUT2D eigenvalue weighted by molar-refractivity contribution is 6.31. The summed E-state index contributed by atoms with van der Waals surface area (Å²) < 4.78 is 5.74. The topological polar surface area (TPSA) is 103 Å². The number of benzene rings is 2. The Bertz CT molecular complexity index is 1240. The van der Waals surface area contributed by atoms with Crippen molar-refractivity contribution in [2.45, 2.75) is 18.8 Å². The van der Waals surface area contributed by atoms with Gasteiger partial charge in [-0.3, -0.25) is 0 Å². The van der Waals surface area contributed by atoms with Crippen LogP contribution in [0, 0.1) is 11.3 Å². The molecule has 2 aromatic carbocycles. The lowest BCUT2D eigenvalue weighted by molar-refractivity contribution is 0.219. The monoisotopic (exact) mass is 433 g/mol. The van der Waals surface area contributed by atoms with Crippen LogP contribution in [0.15, 0.2) is 36.5 Å². The highest BCUT2D eigenvalue weighted by Gasteiger charge is 2.36. The summed E-state index contributed by atoms with van der Waals surface area (Å²) in [7, 11) is 0. The van der Waals surface area contributed by atoms with Crippen LogP contribution in [0.5, 0.6) is 5.75 Å². The van der Waals surface area contributed by atoms with Crippen LogP contribution < -0.4 is 15.4 Å². The number of anilines is 3. The quantitative estimate of drug-likeness (QED) is 0.570. The van der Waals surface area contributed by atoms with E-state index in [1.807, 2.05) is 19.1 Å². The second kappa shape index (κ2) is 7.41. The van der Waals surface area contributed by atoms with E-state index in [1.165, 1.54) is 0 Å². The van der Waals surface area contributed by atoms with Gasteiger partial charge in [0.25, 0.3) is 0 Å². The van der Waals surface area contributed by atoms with Crippen LogP contribution in [0.3, 0.4) is 0 Å². The number of rotatable bonds is 4. The van der Waals surface area contributed by atoms with Crippen LogP contribution in [0.4, 0.5) is 17.3 Å². The van der Waals surface area contributed by atoms with Gasteiger partial charge in [-0.05, 0) is 35.9 Å². The van der Waals surface area contributed by atoms with Gasteiger partial charge in [0.2, 0.25) is 5.95 Å². The van der Waals surface area contributed by atoms with Crippen molar-refractivity contribution >= 4 is 28.9 Å². The molecule has 0 radical (unpaired) electrons. The van der Waals surface area contributed by atoms with Crippen LogP contribution >= 0.6 is 11.6 Å². The first-order valence-corrected chi connectivity index (χ1v) is 10.4. The maximum Gasteiger partial charge on any atom is 0.227 e. The summed E-state index contributed by atoms with van der Waals surface area (Å²) in [4.78, 5) is 8.99. The molecule has 0 fully saturated rings. The molecule has 0 saturated carbocycles. The molecule has 0 saturated heterocycles. The minimum absolute atomic E-state index is 0.0161. The number of nitrogens with one attached hydrogen (secondary N) is 2. The molecule has 0 amide bonds. The summed E-state index contributed by atoms with van der Waals surface area (Å²) >= 11 is 6.26. The molecular formula is C23H20ClN5O2. The van der Waals surface area contributed by atoms with Gasteiger partial charge in [0.05, 0.1) is 35.8 Å². The van der Waals surface area contributed by atoms with E-state index >= 15 is 0 Å². The Kier molecular flexibility index (Phi) is 4.69. The fourth-order valence-corrected chi connectivity index (χ4v) is 4.37. The first-order chi connectivity index (χ1) is 15.0. The SMILES string of the molecule is CC1(CO)CNc2c(C#N)cc(-c3ccnc(Nc4cc(Cl)cc5c4OCC5)n3)cc21. The maximum atomic E-state index is 9.92. The number of nitriles is 1. The van der Waals surface area contributed by atoms with E-state index in [4.69, 9.17) is 16.3 Å². The van der Waals surface area contributed by atoms with Crippen LogP contribution in [0.2, 0.25) is 5.02 Å². The third-order valence-electron chi connectivity index (χ3n) is 5.86. The van der Waals surface area contributed by atoms with E-state index in [1.54, 1.807) is 24.4 Å². The third kappa shape index (κ3) is 3.34. The fourth-order valence-electron chi connectivity index (χ4n) is 4.13. The summed E-state index contributed by atoms with van der Waals surface area (Å²) in [5, 5.41) is 26.7. The van der Waals surface area contributed by atoms with Gasteiger partial charge in [-0.2, -0.15) is 5.26 Å². The average molecular weight is 434 g/mol. The van der Waals surface area contributed by atoms with E-state index in [2.05, 4.69) is 26.7 Å². The van der Waals surface area contributed by atoms with Crippen molar-refractivity contribution in [3.05, 3.63) is 58.2 Å². The molecule has 1 atom stereocenters. The third-order valence-corrected chi connectivity index (χ3v) is 6.08. The number of hydrogen-bond acceptors (Lipinski definition) is 7.